The summed E-state index contributed by atoms with van der Waals surface area (Å²) in [6.45, 7) is 4.17. The van der Waals surface area contributed by atoms with E-state index in [9.17, 15) is 0 Å². The molecule has 0 amide bonds. The topological polar surface area (TPSA) is 49.8 Å². The zero-order chi connectivity index (χ0) is 9.80. The molecule has 2 heterocycles. The molecule has 0 aromatic carbocycles. The number of aryl methyl sites for hydroxylation is 1. The van der Waals surface area contributed by atoms with Gasteiger partial charge in [0.25, 0.3) is 0 Å². The van der Waals surface area contributed by atoms with Crippen LogP contribution in [0.1, 0.15) is 18.5 Å². The van der Waals surface area contributed by atoms with Crippen LogP contribution in [-0.4, -0.2) is 29.1 Å². The lowest BCUT2D eigenvalue weighted by atomic mass is 10.1. The highest BCUT2D eigenvalue weighted by molar-refractivity contribution is 5.85. The Hall–Kier alpha value is -0.870. The minimum atomic E-state index is 0. The van der Waals surface area contributed by atoms with E-state index in [0.29, 0.717) is 6.04 Å². The van der Waals surface area contributed by atoms with Gasteiger partial charge in [0.1, 0.15) is 5.82 Å². The van der Waals surface area contributed by atoms with E-state index in [0.717, 1.165) is 37.4 Å². The van der Waals surface area contributed by atoms with Crippen LogP contribution < -0.4 is 10.6 Å². The van der Waals surface area contributed by atoms with E-state index in [1.165, 1.54) is 0 Å². The fourth-order valence-corrected chi connectivity index (χ4v) is 1.71. The van der Waals surface area contributed by atoms with Crippen LogP contribution in [0.5, 0.6) is 0 Å². The lowest BCUT2D eigenvalue weighted by molar-refractivity contribution is 0.478. The molecule has 1 saturated heterocycles. The number of halogens is 1. The lowest BCUT2D eigenvalue weighted by Gasteiger charge is -2.24. The highest BCUT2D eigenvalue weighted by Crippen LogP contribution is 2.12. The monoisotopic (exact) mass is 228 g/mol. The zero-order valence-electron chi connectivity index (χ0n) is 8.86. The highest BCUT2D eigenvalue weighted by Gasteiger charge is 2.13. The first-order valence-electron chi connectivity index (χ1n) is 5.11. The van der Waals surface area contributed by atoms with Crippen molar-refractivity contribution in [3.63, 3.8) is 0 Å². The van der Waals surface area contributed by atoms with Gasteiger partial charge in [-0.05, 0) is 32.9 Å². The van der Waals surface area contributed by atoms with E-state index in [-0.39, 0.29) is 12.4 Å². The van der Waals surface area contributed by atoms with Crippen molar-refractivity contribution in [2.24, 2.45) is 0 Å². The van der Waals surface area contributed by atoms with Gasteiger partial charge in [-0.2, -0.15) is 0 Å². The van der Waals surface area contributed by atoms with Crippen molar-refractivity contribution < 1.29 is 0 Å². The van der Waals surface area contributed by atoms with Crippen LogP contribution in [0.25, 0.3) is 0 Å². The average Bonchev–Trinajstić information content (AvgIpc) is 2.23. The Morgan fingerprint density at radius 1 is 1.27 bits per heavy atom. The summed E-state index contributed by atoms with van der Waals surface area (Å²) in [7, 11) is 0. The Morgan fingerprint density at radius 2 is 1.93 bits per heavy atom. The Morgan fingerprint density at radius 3 is 2.60 bits per heavy atom. The molecule has 1 aliphatic rings. The quantitative estimate of drug-likeness (QED) is 0.803. The van der Waals surface area contributed by atoms with Gasteiger partial charge >= 0.3 is 0 Å². The molecule has 1 fully saturated rings. The predicted molar refractivity (Wildman–Crippen MR) is 63.5 cm³/mol. The standard InChI is InChI=1S/C10H16N4.ClH/c1-8-10(13-7-6-12-8)14-9-2-4-11-5-3-9;/h6-7,9,11H,2-5H2,1H3,(H,13,14);1H. The van der Waals surface area contributed by atoms with Gasteiger partial charge in [0.15, 0.2) is 0 Å². The Kier molecular flexibility index (Phi) is 4.78. The van der Waals surface area contributed by atoms with Gasteiger partial charge in [-0.1, -0.05) is 0 Å². The van der Waals surface area contributed by atoms with Crippen molar-refractivity contribution >= 4 is 18.2 Å². The summed E-state index contributed by atoms with van der Waals surface area (Å²) in [5, 5.41) is 6.77. The lowest BCUT2D eigenvalue weighted by Crippen LogP contribution is -2.35. The molecule has 0 radical (unpaired) electrons. The number of hydrogen-bond donors (Lipinski definition) is 2. The number of nitrogens with one attached hydrogen (secondary N) is 2. The summed E-state index contributed by atoms with van der Waals surface area (Å²) < 4.78 is 0. The molecule has 15 heavy (non-hydrogen) atoms. The average molecular weight is 229 g/mol. The summed E-state index contributed by atoms with van der Waals surface area (Å²) in [5.74, 6) is 0.930. The molecule has 4 nitrogen and oxygen atoms in total. The molecule has 1 aromatic rings. The molecule has 5 heteroatoms. The van der Waals surface area contributed by atoms with Gasteiger partial charge in [-0.15, -0.1) is 12.4 Å². The minimum Gasteiger partial charge on any atom is -0.366 e. The van der Waals surface area contributed by atoms with E-state index in [1.54, 1.807) is 12.4 Å². The molecule has 2 N–H and O–H groups in total. The first-order valence-corrected chi connectivity index (χ1v) is 5.11. The molecule has 0 saturated carbocycles. The van der Waals surface area contributed by atoms with Gasteiger partial charge in [-0.25, -0.2) is 4.98 Å². The normalized spacial score (nSPS) is 16.9. The van der Waals surface area contributed by atoms with Crippen LogP contribution in [0, 0.1) is 6.92 Å². The van der Waals surface area contributed by atoms with Gasteiger partial charge < -0.3 is 10.6 Å². The zero-order valence-corrected chi connectivity index (χ0v) is 9.68. The third-order valence-corrected chi connectivity index (χ3v) is 2.56. The first kappa shape index (κ1) is 12.2. The third-order valence-electron chi connectivity index (χ3n) is 2.56. The third kappa shape index (κ3) is 3.32. The maximum atomic E-state index is 4.28. The first-order chi connectivity index (χ1) is 6.86. The van der Waals surface area contributed by atoms with E-state index in [4.69, 9.17) is 0 Å². The van der Waals surface area contributed by atoms with Crippen molar-refractivity contribution in [1.29, 1.82) is 0 Å². The Bertz CT molecular complexity index is 299. The van der Waals surface area contributed by atoms with Crippen molar-refractivity contribution in [2.75, 3.05) is 18.4 Å². The van der Waals surface area contributed by atoms with E-state index < -0.39 is 0 Å². The molecule has 1 aromatic heterocycles. The number of anilines is 1. The number of nitrogens with zero attached hydrogens (tertiary/aromatic N) is 2. The second kappa shape index (κ2) is 5.88. The molecule has 0 bridgehead atoms. The molecular formula is C10H17ClN4. The summed E-state index contributed by atoms with van der Waals surface area (Å²) >= 11 is 0. The second-order valence-corrected chi connectivity index (χ2v) is 3.66. The molecule has 1 aliphatic heterocycles. The van der Waals surface area contributed by atoms with Crippen molar-refractivity contribution in [3.8, 4) is 0 Å². The van der Waals surface area contributed by atoms with Crippen molar-refractivity contribution in [1.82, 2.24) is 15.3 Å². The summed E-state index contributed by atoms with van der Waals surface area (Å²) in [6.07, 6.45) is 5.78. The van der Waals surface area contributed by atoms with Crippen LogP contribution >= 0.6 is 12.4 Å². The van der Waals surface area contributed by atoms with Gasteiger partial charge in [0, 0.05) is 18.4 Å². The van der Waals surface area contributed by atoms with Crippen LogP contribution in [0.4, 0.5) is 5.82 Å². The number of piperidine rings is 1. The molecule has 2 rings (SSSR count). The molecule has 84 valence electrons. The predicted octanol–water partition coefficient (Wildman–Crippen LogP) is 1.37. The number of rotatable bonds is 2. The van der Waals surface area contributed by atoms with Crippen molar-refractivity contribution in [3.05, 3.63) is 18.1 Å². The van der Waals surface area contributed by atoms with Crippen LogP contribution in [-0.2, 0) is 0 Å². The Balaban J connectivity index is 0.00000112. The van der Waals surface area contributed by atoms with E-state index >= 15 is 0 Å². The van der Waals surface area contributed by atoms with E-state index in [1.807, 2.05) is 6.92 Å². The number of aromatic nitrogens is 2. The van der Waals surface area contributed by atoms with Crippen LogP contribution in [0.2, 0.25) is 0 Å². The van der Waals surface area contributed by atoms with E-state index in [2.05, 4.69) is 20.6 Å². The maximum absolute atomic E-state index is 4.28. The maximum Gasteiger partial charge on any atom is 0.147 e. The van der Waals surface area contributed by atoms with Gasteiger partial charge in [-0.3, -0.25) is 4.98 Å². The largest absolute Gasteiger partial charge is 0.366 e. The summed E-state index contributed by atoms with van der Waals surface area (Å²) in [5.41, 5.74) is 0.978. The molecule has 0 spiro atoms. The molecule has 0 aliphatic carbocycles. The highest BCUT2D eigenvalue weighted by atomic mass is 35.5. The van der Waals surface area contributed by atoms with Gasteiger partial charge in [0.05, 0.1) is 5.69 Å². The fraction of sp³-hybridized carbons (Fsp3) is 0.600. The molecular weight excluding hydrogens is 212 g/mol. The fourth-order valence-electron chi connectivity index (χ4n) is 1.71. The summed E-state index contributed by atoms with van der Waals surface area (Å²) in [4.78, 5) is 8.48. The smallest absolute Gasteiger partial charge is 0.147 e. The van der Waals surface area contributed by atoms with Crippen molar-refractivity contribution in [2.45, 2.75) is 25.8 Å². The SMILES string of the molecule is Cc1nccnc1NC1CCNCC1.Cl. The van der Waals surface area contributed by atoms with Crippen LogP contribution in [0.3, 0.4) is 0 Å². The van der Waals surface area contributed by atoms with Gasteiger partial charge in [0.2, 0.25) is 0 Å². The van der Waals surface area contributed by atoms with Crippen LogP contribution in [0.15, 0.2) is 12.4 Å². The second-order valence-electron chi connectivity index (χ2n) is 3.66. The number of hydrogen-bond acceptors (Lipinski definition) is 4. The Labute approximate surface area is 96.3 Å². The molecule has 0 unspecified atom stereocenters. The summed E-state index contributed by atoms with van der Waals surface area (Å²) in [6, 6.07) is 0.548. The minimum absolute atomic E-state index is 0. The molecule has 0 atom stereocenters.